The molecule has 1 fully saturated rings. The van der Waals surface area contributed by atoms with Gasteiger partial charge in [-0.25, -0.2) is 14.8 Å². The van der Waals surface area contributed by atoms with Crippen molar-refractivity contribution in [1.82, 2.24) is 9.97 Å². The minimum absolute atomic E-state index is 0.0689. The van der Waals surface area contributed by atoms with E-state index in [1.165, 1.54) is 11.3 Å². The number of hydrogen-bond acceptors (Lipinski definition) is 7. The summed E-state index contributed by atoms with van der Waals surface area (Å²) in [5.41, 5.74) is 1.39. The molecule has 1 N–H and O–H groups in total. The zero-order valence-electron chi connectivity index (χ0n) is 17.3. The molecule has 1 amide bonds. The first-order chi connectivity index (χ1) is 15.2. The monoisotopic (exact) mass is 436 g/mol. The van der Waals surface area contributed by atoms with Crippen molar-refractivity contribution in [2.45, 2.75) is 19.8 Å². The van der Waals surface area contributed by atoms with Gasteiger partial charge in [0.15, 0.2) is 0 Å². The van der Waals surface area contributed by atoms with Gasteiger partial charge in [0, 0.05) is 36.3 Å². The summed E-state index contributed by atoms with van der Waals surface area (Å²) in [5.74, 6) is 0.0712. The Morgan fingerprint density at radius 3 is 2.52 bits per heavy atom. The van der Waals surface area contributed by atoms with E-state index in [0.29, 0.717) is 42.4 Å². The Morgan fingerprint density at radius 1 is 1.13 bits per heavy atom. The fraction of sp³-hybridized carbons (Fsp3) is 0.304. The highest BCUT2D eigenvalue weighted by molar-refractivity contribution is 7.20. The zero-order chi connectivity index (χ0) is 21.6. The summed E-state index contributed by atoms with van der Waals surface area (Å²) in [4.78, 5) is 37.0. The average molecular weight is 437 g/mol. The van der Waals surface area contributed by atoms with Gasteiger partial charge in [-0.2, -0.15) is 0 Å². The van der Waals surface area contributed by atoms with Gasteiger partial charge in [-0.1, -0.05) is 30.3 Å². The molecule has 7 nitrogen and oxygen atoms in total. The summed E-state index contributed by atoms with van der Waals surface area (Å²) in [7, 11) is 0. The van der Waals surface area contributed by atoms with Crippen LogP contribution in [0.3, 0.4) is 0 Å². The van der Waals surface area contributed by atoms with Crippen LogP contribution in [-0.2, 0) is 9.53 Å². The fourth-order valence-corrected chi connectivity index (χ4v) is 4.65. The minimum Gasteiger partial charge on any atom is -0.462 e. The lowest BCUT2D eigenvalue weighted by molar-refractivity contribution is -0.120. The van der Waals surface area contributed by atoms with E-state index in [9.17, 15) is 9.59 Å². The van der Waals surface area contributed by atoms with E-state index in [2.05, 4.69) is 20.2 Å². The maximum absolute atomic E-state index is 13.0. The molecule has 0 radical (unpaired) electrons. The summed E-state index contributed by atoms with van der Waals surface area (Å²) in [6.07, 6.45) is 4.85. The highest BCUT2D eigenvalue weighted by atomic mass is 32.1. The van der Waals surface area contributed by atoms with Crippen LogP contribution in [0.2, 0.25) is 0 Å². The first-order valence-corrected chi connectivity index (χ1v) is 11.2. The number of nitrogens with zero attached hydrogens (tertiary/aromatic N) is 3. The molecule has 0 spiro atoms. The number of thiophene rings is 1. The van der Waals surface area contributed by atoms with E-state index in [4.69, 9.17) is 4.74 Å². The SMILES string of the molecule is CCOC(=O)c1cc(-c2ccccc2)sc1NC(=O)C1CCN(c2ncccn2)CC1. The molecule has 3 aromatic rings. The molecule has 1 aliphatic rings. The van der Waals surface area contributed by atoms with Crippen molar-refractivity contribution in [3.05, 3.63) is 60.4 Å². The molecule has 1 saturated heterocycles. The molecule has 0 unspecified atom stereocenters. The Hall–Kier alpha value is -3.26. The molecule has 4 rings (SSSR count). The van der Waals surface area contributed by atoms with Gasteiger partial charge in [-0.05, 0) is 37.5 Å². The summed E-state index contributed by atoms with van der Waals surface area (Å²) in [5, 5.41) is 3.53. The summed E-state index contributed by atoms with van der Waals surface area (Å²) >= 11 is 1.39. The Labute approximate surface area is 185 Å². The predicted octanol–water partition coefficient (Wildman–Crippen LogP) is 4.24. The molecule has 31 heavy (non-hydrogen) atoms. The van der Waals surface area contributed by atoms with Crippen molar-refractivity contribution in [2.75, 3.05) is 29.9 Å². The second-order valence-electron chi connectivity index (χ2n) is 7.24. The van der Waals surface area contributed by atoms with E-state index >= 15 is 0 Å². The molecule has 0 atom stereocenters. The molecule has 3 heterocycles. The van der Waals surface area contributed by atoms with Crippen molar-refractivity contribution in [1.29, 1.82) is 0 Å². The van der Waals surface area contributed by atoms with Crippen molar-refractivity contribution in [3.8, 4) is 10.4 Å². The predicted molar refractivity (Wildman–Crippen MR) is 121 cm³/mol. The third-order valence-corrected chi connectivity index (χ3v) is 6.32. The van der Waals surface area contributed by atoms with E-state index in [1.807, 2.05) is 30.3 Å². The summed E-state index contributed by atoms with van der Waals surface area (Å²) in [6, 6.07) is 13.4. The minimum atomic E-state index is -0.424. The number of anilines is 2. The number of hydrogen-bond donors (Lipinski definition) is 1. The second-order valence-corrected chi connectivity index (χ2v) is 8.29. The van der Waals surface area contributed by atoms with Crippen molar-refractivity contribution in [2.24, 2.45) is 5.92 Å². The molecule has 0 aliphatic carbocycles. The Kier molecular flexibility index (Phi) is 6.57. The van der Waals surface area contributed by atoms with Crippen molar-refractivity contribution >= 4 is 34.2 Å². The lowest BCUT2D eigenvalue weighted by atomic mass is 9.96. The van der Waals surface area contributed by atoms with Crippen LogP contribution in [0.1, 0.15) is 30.1 Å². The number of carbonyl (C=O) groups excluding carboxylic acids is 2. The zero-order valence-corrected chi connectivity index (χ0v) is 18.1. The van der Waals surface area contributed by atoms with Gasteiger partial charge in [0.05, 0.1) is 12.2 Å². The molecular weight excluding hydrogens is 412 g/mol. The number of amides is 1. The van der Waals surface area contributed by atoms with Crippen LogP contribution < -0.4 is 10.2 Å². The number of rotatable bonds is 6. The molecule has 2 aromatic heterocycles. The lowest BCUT2D eigenvalue weighted by Crippen LogP contribution is -2.39. The van der Waals surface area contributed by atoms with Crippen LogP contribution in [0.4, 0.5) is 10.9 Å². The topological polar surface area (TPSA) is 84.4 Å². The smallest absolute Gasteiger partial charge is 0.341 e. The van der Waals surface area contributed by atoms with Gasteiger partial charge < -0.3 is 15.0 Å². The van der Waals surface area contributed by atoms with Crippen LogP contribution in [-0.4, -0.2) is 41.5 Å². The normalized spacial score (nSPS) is 14.3. The van der Waals surface area contributed by atoms with Crippen LogP contribution in [0.25, 0.3) is 10.4 Å². The first-order valence-electron chi connectivity index (χ1n) is 10.3. The maximum Gasteiger partial charge on any atom is 0.341 e. The third kappa shape index (κ3) is 4.91. The number of nitrogens with one attached hydrogen (secondary N) is 1. The van der Waals surface area contributed by atoms with Crippen LogP contribution in [0.15, 0.2) is 54.9 Å². The largest absolute Gasteiger partial charge is 0.462 e. The Bertz CT molecular complexity index is 1030. The van der Waals surface area contributed by atoms with E-state index in [1.54, 1.807) is 31.5 Å². The van der Waals surface area contributed by atoms with Gasteiger partial charge >= 0.3 is 5.97 Å². The molecular formula is C23H24N4O3S. The van der Waals surface area contributed by atoms with Gasteiger partial charge in [0.2, 0.25) is 11.9 Å². The fourth-order valence-electron chi connectivity index (χ4n) is 3.60. The van der Waals surface area contributed by atoms with E-state index in [0.717, 1.165) is 10.4 Å². The average Bonchev–Trinajstić information content (AvgIpc) is 3.24. The highest BCUT2D eigenvalue weighted by Crippen LogP contribution is 2.36. The Morgan fingerprint density at radius 2 is 1.84 bits per heavy atom. The Balaban J connectivity index is 1.47. The number of carbonyl (C=O) groups is 2. The number of benzene rings is 1. The molecule has 0 bridgehead atoms. The van der Waals surface area contributed by atoms with Crippen LogP contribution >= 0.6 is 11.3 Å². The van der Waals surface area contributed by atoms with Crippen molar-refractivity contribution in [3.63, 3.8) is 0 Å². The first kappa shape index (κ1) is 21.0. The highest BCUT2D eigenvalue weighted by Gasteiger charge is 2.28. The van der Waals surface area contributed by atoms with Crippen LogP contribution in [0, 0.1) is 5.92 Å². The van der Waals surface area contributed by atoms with E-state index in [-0.39, 0.29) is 18.4 Å². The van der Waals surface area contributed by atoms with Gasteiger partial charge in [0.1, 0.15) is 5.00 Å². The van der Waals surface area contributed by atoms with Gasteiger partial charge in [-0.3, -0.25) is 4.79 Å². The summed E-state index contributed by atoms with van der Waals surface area (Å²) in [6.45, 7) is 3.48. The van der Waals surface area contributed by atoms with Gasteiger partial charge in [-0.15, -0.1) is 11.3 Å². The number of esters is 1. The van der Waals surface area contributed by atoms with Gasteiger partial charge in [0.25, 0.3) is 0 Å². The number of aromatic nitrogens is 2. The van der Waals surface area contributed by atoms with E-state index < -0.39 is 5.97 Å². The molecule has 160 valence electrons. The summed E-state index contributed by atoms with van der Waals surface area (Å²) < 4.78 is 5.20. The quantitative estimate of drug-likeness (QED) is 0.582. The van der Waals surface area contributed by atoms with Crippen LogP contribution in [0.5, 0.6) is 0 Å². The molecule has 0 saturated carbocycles. The maximum atomic E-state index is 13.0. The number of piperidine rings is 1. The number of ether oxygens (including phenoxy) is 1. The van der Waals surface area contributed by atoms with Crippen molar-refractivity contribution < 1.29 is 14.3 Å². The lowest BCUT2D eigenvalue weighted by Gasteiger charge is -2.31. The molecule has 1 aliphatic heterocycles. The standard InChI is InChI=1S/C23H24N4O3S/c1-2-30-22(29)18-15-19(16-7-4-3-5-8-16)31-21(18)26-20(28)17-9-13-27(14-10-17)23-24-11-6-12-25-23/h3-8,11-12,15,17H,2,9-10,13-14H2,1H3,(H,26,28). The molecule has 1 aromatic carbocycles. The third-order valence-electron chi connectivity index (χ3n) is 5.22. The second kappa shape index (κ2) is 9.70. The molecule has 8 heteroatoms.